The molecule has 6 nitrogen and oxygen atoms in total. The van der Waals surface area contributed by atoms with Gasteiger partial charge in [-0.3, -0.25) is 0 Å². The van der Waals surface area contributed by atoms with E-state index in [1.165, 1.54) is 0 Å². The van der Waals surface area contributed by atoms with Crippen LogP contribution in [0.2, 0.25) is 0 Å². The number of carbonyl (C=O) groups excluding carboxylic acids is 1. The Kier molecular flexibility index (Phi) is 3.38. The Morgan fingerprint density at radius 3 is 2.67 bits per heavy atom. The lowest BCUT2D eigenvalue weighted by molar-refractivity contribution is 0.249. The molecule has 1 heterocycles. The van der Waals surface area contributed by atoms with Gasteiger partial charge in [-0.2, -0.15) is 5.10 Å². The second-order valence-corrected chi connectivity index (χ2v) is 3.69. The monoisotopic (exact) mass is 243 g/mol. The van der Waals surface area contributed by atoms with Gasteiger partial charge < -0.3 is 10.3 Å². The van der Waals surface area contributed by atoms with Crippen molar-refractivity contribution in [3.63, 3.8) is 0 Å². The molecule has 0 saturated heterocycles. The number of primary amides is 1. The summed E-state index contributed by atoms with van der Waals surface area (Å²) in [6, 6.07) is 7.04. The second kappa shape index (κ2) is 5.13. The van der Waals surface area contributed by atoms with Crippen LogP contribution in [0.1, 0.15) is 12.5 Å². The maximum atomic E-state index is 10.5. The molecule has 2 aromatic rings. The molecular formula is C12H13N5O. The lowest BCUT2D eigenvalue weighted by atomic mass is 10.1. The Bertz CT molecular complexity index is 557. The standard InChI is InChI=1S/C12H13N5O/c1-9(15-16-12(13)18)10-2-4-11(5-3-10)17-7-6-14-8-17/h2-8H,1H3,(H3,13,16,18). The van der Waals surface area contributed by atoms with Gasteiger partial charge in [-0.15, -0.1) is 0 Å². The van der Waals surface area contributed by atoms with Gasteiger partial charge in [0.05, 0.1) is 12.0 Å². The number of nitrogens with zero attached hydrogens (tertiary/aromatic N) is 3. The summed E-state index contributed by atoms with van der Waals surface area (Å²) in [7, 11) is 0. The lowest BCUT2D eigenvalue weighted by Gasteiger charge is -2.04. The van der Waals surface area contributed by atoms with Crippen molar-refractivity contribution < 1.29 is 4.79 Å². The molecule has 6 heteroatoms. The van der Waals surface area contributed by atoms with E-state index in [4.69, 9.17) is 5.73 Å². The molecule has 1 aromatic heterocycles. The number of aromatic nitrogens is 2. The largest absolute Gasteiger partial charge is 0.350 e. The maximum Gasteiger partial charge on any atom is 0.332 e. The zero-order valence-corrected chi connectivity index (χ0v) is 9.87. The Balaban J connectivity index is 2.17. The SMILES string of the molecule is CC(=NNC(N)=O)c1ccc(-n2ccnc2)cc1. The first-order chi connectivity index (χ1) is 8.66. The molecule has 0 atom stereocenters. The average Bonchev–Trinajstić information content (AvgIpc) is 2.90. The van der Waals surface area contributed by atoms with Gasteiger partial charge in [0.25, 0.3) is 0 Å². The Labute approximate surface area is 104 Å². The number of rotatable bonds is 3. The van der Waals surface area contributed by atoms with Crippen LogP contribution in [0.5, 0.6) is 0 Å². The highest BCUT2D eigenvalue weighted by Gasteiger charge is 2.00. The van der Waals surface area contributed by atoms with Crippen LogP contribution in [-0.4, -0.2) is 21.3 Å². The van der Waals surface area contributed by atoms with Gasteiger partial charge in [0.1, 0.15) is 0 Å². The number of benzene rings is 1. The number of nitrogens with one attached hydrogen (secondary N) is 1. The summed E-state index contributed by atoms with van der Waals surface area (Å²) in [5.74, 6) is 0. The molecule has 0 aliphatic rings. The Morgan fingerprint density at radius 2 is 2.11 bits per heavy atom. The van der Waals surface area contributed by atoms with Crippen LogP contribution >= 0.6 is 0 Å². The van der Waals surface area contributed by atoms with Crippen molar-refractivity contribution in [1.82, 2.24) is 15.0 Å². The molecule has 0 fully saturated rings. The van der Waals surface area contributed by atoms with Gasteiger partial charge in [0.2, 0.25) is 0 Å². The smallest absolute Gasteiger partial charge is 0.332 e. The van der Waals surface area contributed by atoms with Gasteiger partial charge in [0, 0.05) is 18.1 Å². The third-order valence-corrected chi connectivity index (χ3v) is 2.42. The highest BCUT2D eigenvalue weighted by molar-refractivity contribution is 5.99. The van der Waals surface area contributed by atoms with Crippen molar-refractivity contribution >= 4 is 11.7 Å². The van der Waals surface area contributed by atoms with E-state index in [0.717, 1.165) is 11.3 Å². The van der Waals surface area contributed by atoms with Crippen LogP contribution in [-0.2, 0) is 0 Å². The fourth-order valence-electron chi connectivity index (χ4n) is 1.49. The van der Waals surface area contributed by atoms with E-state index in [2.05, 4.69) is 15.5 Å². The van der Waals surface area contributed by atoms with Gasteiger partial charge in [-0.1, -0.05) is 12.1 Å². The first-order valence-electron chi connectivity index (χ1n) is 5.35. The summed E-state index contributed by atoms with van der Waals surface area (Å²) < 4.78 is 1.90. The van der Waals surface area contributed by atoms with E-state index >= 15 is 0 Å². The van der Waals surface area contributed by atoms with Crippen LogP contribution in [0.15, 0.2) is 48.1 Å². The molecule has 0 aliphatic heterocycles. The molecule has 92 valence electrons. The summed E-state index contributed by atoms with van der Waals surface area (Å²) >= 11 is 0. The third-order valence-electron chi connectivity index (χ3n) is 2.42. The molecule has 3 N–H and O–H groups in total. The highest BCUT2D eigenvalue weighted by atomic mass is 16.2. The molecule has 0 aliphatic carbocycles. The van der Waals surface area contributed by atoms with Gasteiger partial charge in [-0.05, 0) is 24.6 Å². The van der Waals surface area contributed by atoms with E-state index in [-0.39, 0.29) is 0 Å². The van der Waals surface area contributed by atoms with E-state index < -0.39 is 6.03 Å². The minimum absolute atomic E-state index is 0.676. The second-order valence-electron chi connectivity index (χ2n) is 3.69. The molecule has 0 unspecified atom stereocenters. The fourth-order valence-corrected chi connectivity index (χ4v) is 1.49. The number of carbonyl (C=O) groups is 1. The number of hydrazone groups is 1. The lowest BCUT2D eigenvalue weighted by Crippen LogP contribution is -2.25. The number of hydrogen-bond donors (Lipinski definition) is 2. The highest BCUT2D eigenvalue weighted by Crippen LogP contribution is 2.09. The molecule has 2 amide bonds. The minimum atomic E-state index is -0.676. The quantitative estimate of drug-likeness (QED) is 0.628. The van der Waals surface area contributed by atoms with Crippen molar-refractivity contribution in [1.29, 1.82) is 0 Å². The van der Waals surface area contributed by atoms with E-state index in [9.17, 15) is 4.79 Å². The molecule has 0 spiro atoms. The van der Waals surface area contributed by atoms with Gasteiger partial charge in [0.15, 0.2) is 0 Å². The summed E-state index contributed by atoms with van der Waals surface area (Å²) in [4.78, 5) is 14.5. The van der Waals surface area contributed by atoms with Gasteiger partial charge in [-0.25, -0.2) is 15.2 Å². The predicted octanol–water partition coefficient (Wildman–Crippen LogP) is 1.26. The average molecular weight is 243 g/mol. The van der Waals surface area contributed by atoms with Crippen molar-refractivity contribution in [2.45, 2.75) is 6.92 Å². The topological polar surface area (TPSA) is 85.3 Å². The molecule has 0 saturated carbocycles. The number of imidazole rings is 1. The van der Waals surface area contributed by atoms with E-state index in [1.807, 2.05) is 35.0 Å². The van der Waals surface area contributed by atoms with Crippen LogP contribution in [0.4, 0.5) is 4.79 Å². The van der Waals surface area contributed by atoms with Crippen LogP contribution in [0, 0.1) is 0 Å². The third kappa shape index (κ3) is 2.73. The Hall–Kier alpha value is -2.63. The van der Waals surface area contributed by atoms with Crippen LogP contribution in [0.25, 0.3) is 5.69 Å². The first kappa shape index (κ1) is 11.8. The Morgan fingerprint density at radius 1 is 1.39 bits per heavy atom. The van der Waals surface area contributed by atoms with Gasteiger partial charge >= 0.3 is 6.03 Å². The molecule has 18 heavy (non-hydrogen) atoms. The molecule has 1 aromatic carbocycles. The van der Waals surface area contributed by atoms with Crippen molar-refractivity contribution in [2.24, 2.45) is 10.8 Å². The zero-order valence-electron chi connectivity index (χ0n) is 9.87. The molecule has 0 radical (unpaired) electrons. The van der Waals surface area contributed by atoms with E-state index in [0.29, 0.717) is 5.71 Å². The summed E-state index contributed by atoms with van der Waals surface area (Å²) in [5, 5.41) is 3.86. The normalized spacial score (nSPS) is 11.3. The fraction of sp³-hybridized carbons (Fsp3) is 0.0833. The molecular weight excluding hydrogens is 230 g/mol. The maximum absolute atomic E-state index is 10.5. The predicted molar refractivity (Wildman–Crippen MR) is 68.5 cm³/mol. The van der Waals surface area contributed by atoms with Crippen LogP contribution in [0.3, 0.4) is 0 Å². The van der Waals surface area contributed by atoms with Crippen molar-refractivity contribution in [2.75, 3.05) is 0 Å². The van der Waals surface area contributed by atoms with E-state index in [1.54, 1.807) is 19.4 Å². The number of hydrogen-bond acceptors (Lipinski definition) is 3. The molecule has 2 rings (SSSR count). The first-order valence-corrected chi connectivity index (χ1v) is 5.35. The number of urea groups is 1. The molecule has 0 bridgehead atoms. The van der Waals surface area contributed by atoms with Crippen molar-refractivity contribution in [3.8, 4) is 5.69 Å². The zero-order chi connectivity index (χ0) is 13.0. The summed E-state index contributed by atoms with van der Waals surface area (Å²) in [5.41, 5.74) is 9.74. The summed E-state index contributed by atoms with van der Waals surface area (Å²) in [6.45, 7) is 1.79. The minimum Gasteiger partial charge on any atom is -0.350 e. The van der Waals surface area contributed by atoms with Crippen LogP contribution < -0.4 is 11.2 Å². The summed E-state index contributed by atoms with van der Waals surface area (Å²) in [6.07, 6.45) is 5.31. The number of nitrogens with two attached hydrogens (primary N) is 1. The van der Waals surface area contributed by atoms with Crippen molar-refractivity contribution in [3.05, 3.63) is 48.5 Å². The number of amides is 2.